The molecule has 1 aromatic rings. The van der Waals surface area contributed by atoms with Crippen LogP contribution in [0.1, 0.15) is 25.8 Å². The fourth-order valence-electron chi connectivity index (χ4n) is 1.83. The van der Waals surface area contributed by atoms with E-state index in [1.54, 1.807) is 0 Å². The third kappa shape index (κ3) is 2.35. The molecule has 1 aromatic carbocycles. The highest BCUT2D eigenvalue weighted by Crippen LogP contribution is 2.30. The molecule has 0 radical (unpaired) electrons. The fourth-order valence-corrected chi connectivity index (χ4v) is 1.83. The summed E-state index contributed by atoms with van der Waals surface area (Å²) in [7, 11) is 0. The van der Waals surface area contributed by atoms with Crippen LogP contribution in [0.4, 0.5) is 0 Å². The van der Waals surface area contributed by atoms with Crippen LogP contribution in [0.25, 0.3) is 0 Å². The molecule has 1 atom stereocenters. The van der Waals surface area contributed by atoms with Crippen LogP contribution in [0.2, 0.25) is 0 Å². The van der Waals surface area contributed by atoms with Crippen molar-refractivity contribution in [1.29, 1.82) is 0 Å². The van der Waals surface area contributed by atoms with E-state index in [0.717, 1.165) is 18.6 Å². The van der Waals surface area contributed by atoms with Crippen molar-refractivity contribution in [2.24, 2.45) is 0 Å². The monoisotopic (exact) mass is 212 g/mol. The number of rotatable bonds is 2. The van der Waals surface area contributed by atoms with Crippen molar-refractivity contribution in [2.75, 3.05) is 6.61 Å². The van der Waals surface area contributed by atoms with E-state index < -0.39 is 0 Å². The lowest BCUT2D eigenvalue weighted by atomic mass is 9.86. The first kappa shape index (κ1) is 11.0. The van der Waals surface area contributed by atoms with Gasteiger partial charge in [-0.15, -0.1) is 0 Å². The van der Waals surface area contributed by atoms with Crippen molar-refractivity contribution in [3.63, 3.8) is 0 Å². The highest BCUT2D eigenvalue weighted by atomic mass is 16.5. The van der Waals surface area contributed by atoms with E-state index in [1.165, 1.54) is 11.1 Å². The molecule has 1 nitrogen and oxygen atoms in total. The predicted molar refractivity (Wildman–Crippen MR) is 66.1 cm³/mol. The molecule has 0 heterocycles. The summed E-state index contributed by atoms with van der Waals surface area (Å²) in [6.07, 6.45) is 1.27. The first-order chi connectivity index (χ1) is 7.81. The fraction of sp³-hybridized carbons (Fsp3) is 0.333. The lowest BCUT2D eigenvalue weighted by Gasteiger charge is -2.28. The van der Waals surface area contributed by atoms with Gasteiger partial charge in [-0.2, -0.15) is 0 Å². The second kappa shape index (κ2) is 5.01. The van der Waals surface area contributed by atoms with E-state index in [1.807, 2.05) is 37.3 Å². The van der Waals surface area contributed by atoms with Gasteiger partial charge in [0.1, 0.15) is 0 Å². The molecule has 1 aliphatic rings. The lowest BCUT2D eigenvalue weighted by Crippen LogP contribution is -2.25. The topological polar surface area (TPSA) is 9.23 Å². The zero-order valence-electron chi connectivity index (χ0n) is 9.79. The van der Waals surface area contributed by atoms with E-state index in [0.29, 0.717) is 0 Å². The van der Waals surface area contributed by atoms with E-state index in [-0.39, 0.29) is 6.10 Å². The van der Waals surface area contributed by atoms with E-state index >= 15 is 0 Å². The number of benzene rings is 1. The maximum absolute atomic E-state index is 5.59. The molecule has 0 saturated carbocycles. The van der Waals surface area contributed by atoms with Gasteiger partial charge in [0.2, 0.25) is 0 Å². The zero-order chi connectivity index (χ0) is 11.4. The summed E-state index contributed by atoms with van der Waals surface area (Å²) in [5, 5.41) is 0. The molecule has 0 aliphatic heterocycles. The Morgan fingerprint density at radius 2 is 2.00 bits per heavy atom. The van der Waals surface area contributed by atoms with Crippen molar-refractivity contribution in [3.05, 3.63) is 47.0 Å². The maximum atomic E-state index is 5.59. The molecule has 0 amide bonds. The number of ether oxygens (including phenoxy) is 1. The average Bonchev–Trinajstić information content (AvgIpc) is 2.30. The maximum Gasteiger partial charge on any atom is 0.0939 e. The molecule has 0 spiro atoms. The lowest BCUT2D eigenvalue weighted by molar-refractivity contribution is 0.0770. The molecule has 0 N–H and O–H groups in total. The molecular weight excluding hydrogens is 196 g/mol. The van der Waals surface area contributed by atoms with Gasteiger partial charge in [-0.05, 0) is 26.0 Å². The summed E-state index contributed by atoms with van der Waals surface area (Å²) in [4.78, 5) is 0. The van der Waals surface area contributed by atoms with Crippen LogP contribution in [0.15, 0.2) is 41.5 Å². The Morgan fingerprint density at radius 3 is 2.62 bits per heavy atom. The zero-order valence-corrected chi connectivity index (χ0v) is 9.79. The van der Waals surface area contributed by atoms with Crippen molar-refractivity contribution in [3.8, 4) is 11.8 Å². The molecule has 0 saturated heterocycles. The summed E-state index contributed by atoms with van der Waals surface area (Å²) in [5.74, 6) is 6.40. The Balaban J connectivity index is 2.11. The van der Waals surface area contributed by atoms with Crippen molar-refractivity contribution >= 4 is 0 Å². The van der Waals surface area contributed by atoms with Gasteiger partial charge in [0.15, 0.2) is 0 Å². The van der Waals surface area contributed by atoms with Crippen molar-refractivity contribution in [1.82, 2.24) is 0 Å². The highest BCUT2D eigenvalue weighted by Gasteiger charge is 2.25. The van der Waals surface area contributed by atoms with Gasteiger partial charge in [0.05, 0.1) is 6.10 Å². The van der Waals surface area contributed by atoms with Crippen molar-refractivity contribution < 1.29 is 4.74 Å². The van der Waals surface area contributed by atoms with Gasteiger partial charge in [0.25, 0.3) is 0 Å². The summed E-state index contributed by atoms with van der Waals surface area (Å²) in [6.45, 7) is 4.91. The first-order valence-corrected chi connectivity index (χ1v) is 5.69. The van der Waals surface area contributed by atoms with Crippen LogP contribution < -0.4 is 0 Å². The van der Waals surface area contributed by atoms with Crippen LogP contribution in [-0.2, 0) is 4.74 Å². The van der Waals surface area contributed by atoms with Crippen LogP contribution in [0.5, 0.6) is 0 Å². The van der Waals surface area contributed by atoms with Crippen LogP contribution in [0, 0.1) is 11.8 Å². The summed E-state index contributed by atoms with van der Waals surface area (Å²) >= 11 is 0. The van der Waals surface area contributed by atoms with Crippen molar-refractivity contribution in [2.45, 2.75) is 26.4 Å². The minimum absolute atomic E-state index is 0.237. The van der Waals surface area contributed by atoms with E-state index in [9.17, 15) is 0 Å². The molecular formula is C15H16O. The van der Waals surface area contributed by atoms with Crippen LogP contribution >= 0.6 is 0 Å². The molecule has 2 rings (SSSR count). The van der Waals surface area contributed by atoms with E-state index in [4.69, 9.17) is 4.74 Å². The largest absolute Gasteiger partial charge is 0.373 e. The Kier molecular flexibility index (Phi) is 3.44. The Labute approximate surface area is 97.1 Å². The molecule has 1 heteroatoms. The molecule has 0 aromatic heterocycles. The quantitative estimate of drug-likeness (QED) is 0.684. The van der Waals surface area contributed by atoms with E-state index in [2.05, 4.69) is 18.8 Å². The Hall–Kier alpha value is -1.52. The molecule has 1 aliphatic carbocycles. The molecule has 0 bridgehead atoms. The second-order valence-corrected chi connectivity index (χ2v) is 3.96. The molecule has 0 unspecified atom stereocenters. The Bertz CT molecular complexity index is 445. The number of hydrogen-bond donors (Lipinski definition) is 0. The van der Waals surface area contributed by atoms with Gasteiger partial charge >= 0.3 is 0 Å². The molecule has 0 fully saturated rings. The van der Waals surface area contributed by atoms with Gasteiger partial charge in [-0.1, -0.05) is 35.6 Å². The third-order valence-electron chi connectivity index (χ3n) is 2.76. The minimum atomic E-state index is 0.237. The first-order valence-electron chi connectivity index (χ1n) is 5.69. The van der Waals surface area contributed by atoms with Gasteiger partial charge in [-0.25, -0.2) is 0 Å². The minimum Gasteiger partial charge on any atom is -0.373 e. The summed E-state index contributed by atoms with van der Waals surface area (Å²) in [5.41, 5.74) is 3.59. The predicted octanol–water partition coefficient (Wildman–Crippen LogP) is 3.16. The normalized spacial score (nSPS) is 18.8. The molecule has 16 heavy (non-hydrogen) atoms. The summed E-state index contributed by atoms with van der Waals surface area (Å²) in [6, 6.07) is 10.1. The van der Waals surface area contributed by atoms with Gasteiger partial charge in [-0.3, -0.25) is 0 Å². The van der Waals surface area contributed by atoms with Gasteiger partial charge in [0, 0.05) is 24.2 Å². The SMILES string of the molecule is CCO[C@@H]1CC(C)=C1C#Cc1ccccc1. The number of hydrogen-bond acceptors (Lipinski definition) is 1. The van der Waals surface area contributed by atoms with Crippen LogP contribution in [0.3, 0.4) is 0 Å². The third-order valence-corrected chi connectivity index (χ3v) is 2.76. The molecule has 82 valence electrons. The second-order valence-electron chi connectivity index (χ2n) is 3.96. The smallest absolute Gasteiger partial charge is 0.0939 e. The van der Waals surface area contributed by atoms with Gasteiger partial charge < -0.3 is 4.74 Å². The Morgan fingerprint density at radius 1 is 1.25 bits per heavy atom. The highest BCUT2D eigenvalue weighted by molar-refractivity contribution is 5.48. The summed E-state index contributed by atoms with van der Waals surface area (Å²) < 4.78 is 5.59. The van der Waals surface area contributed by atoms with Crippen LogP contribution in [-0.4, -0.2) is 12.7 Å². The average molecular weight is 212 g/mol. The standard InChI is InChI=1S/C15H16O/c1-3-16-15-11-12(2)14(15)10-9-13-7-5-4-6-8-13/h4-8,15H,3,11H2,1-2H3/t15-/m1/s1.